The Bertz CT molecular complexity index is 458. The molecule has 3 saturated heterocycles. The van der Waals surface area contributed by atoms with Crippen molar-refractivity contribution in [3.05, 3.63) is 0 Å². The molecule has 8 nitrogen and oxygen atoms in total. The molecule has 0 spiro atoms. The molecule has 24 heavy (non-hydrogen) atoms. The minimum Gasteiger partial charge on any atom is -0.354 e. The number of fused-ring (bicyclic) bond motifs is 2. The summed E-state index contributed by atoms with van der Waals surface area (Å²) in [6, 6.07) is -0.906. The van der Waals surface area contributed by atoms with E-state index >= 15 is 0 Å². The van der Waals surface area contributed by atoms with Crippen molar-refractivity contribution >= 4 is 23.6 Å². The Labute approximate surface area is 140 Å². The van der Waals surface area contributed by atoms with Crippen LogP contribution in [-0.4, -0.2) is 71.7 Å². The average Bonchev–Trinajstić information content (AvgIpc) is 3.22. The zero-order valence-electron chi connectivity index (χ0n) is 13.8. The second kappa shape index (κ2) is 7.19. The Morgan fingerprint density at radius 1 is 0.708 bits per heavy atom. The molecule has 3 aliphatic heterocycles. The van der Waals surface area contributed by atoms with Gasteiger partial charge in [0.05, 0.1) is 0 Å². The highest BCUT2D eigenvalue weighted by atomic mass is 16.2. The van der Waals surface area contributed by atoms with E-state index < -0.39 is 12.1 Å². The summed E-state index contributed by atoms with van der Waals surface area (Å²) >= 11 is 0. The summed E-state index contributed by atoms with van der Waals surface area (Å²) in [5, 5.41) is 5.54. The maximum absolute atomic E-state index is 12.3. The molecule has 0 bridgehead atoms. The minimum absolute atomic E-state index is 0.107. The fraction of sp³-hybridized carbons (Fsp3) is 0.750. The SMILES string of the molecule is O=C1NCCC(=O)N2CCC[C@H]2C(=O)NCCC(=O)N2CCC[C@@H]12. The van der Waals surface area contributed by atoms with Crippen LogP contribution in [0.2, 0.25) is 0 Å². The lowest BCUT2D eigenvalue weighted by Gasteiger charge is -2.27. The van der Waals surface area contributed by atoms with Gasteiger partial charge in [-0.2, -0.15) is 0 Å². The fourth-order valence-corrected chi connectivity index (χ4v) is 3.78. The van der Waals surface area contributed by atoms with E-state index in [0.717, 1.165) is 12.8 Å². The van der Waals surface area contributed by atoms with Gasteiger partial charge >= 0.3 is 0 Å². The van der Waals surface area contributed by atoms with Crippen LogP contribution in [0.3, 0.4) is 0 Å². The molecule has 3 aliphatic rings. The highest BCUT2D eigenvalue weighted by Crippen LogP contribution is 2.20. The highest BCUT2D eigenvalue weighted by Gasteiger charge is 2.36. The van der Waals surface area contributed by atoms with Crippen LogP contribution in [0.4, 0.5) is 0 Å². The molecule has 0 aromatic heterocycles. The minimum atomic E-state index is -0.453. The van der Waals surface area contributed by atoms with E-state index in [1.807, 2.05) is 0 Å². The van der Waals surface area contributed by atoms with Crippen molar-refractivity contribution in [2.24, 2.45) is 0 Å². The smallest absolute Gasteiger partial charge is 0.242 e. The average molecular weight is 336 g/mol. The van der Waals surface area contributed by atoms with Crippen molar-refractivity contribution < 1.29 is 19.2 Å². The molecule has 8 heteroatoms. The first-order chi connectivity index (χ1) is 11.6. The van der Waals surface area contributed by atoms with E-state index in [9.17, 15) is 19.2 Å². The normalized spacial score (nSPS) is 29.7. The molecule has 0 aromatic rings. The van der Waals surface area contributed by atoms with E-state index in [4.69, 9.17) is 0 Å². The lowest BCUT2D eigenvalue weighted by molar-refractivity contribution is -0.140. The quantitative estimate of drug-likeness (QED) is 0.592. The Kier molecular flexibility index (Phi) is 5.01. The number of carbonyl (C=O) groups excluding carboxylic acids is 4. The van der Waals surface area contributed by atoms with Crippen LogP contribution >= 0.6 is 0 Å². The molecule has 2 atom stereocenters. The first kappa shape index (κ1) is 16.7. The van der Waals surface area contributed by atoms with Crippen LogP contribution in [0.25, 0.3) is 0 Å². The highest BCUT2D eigenvalue weighted by molar-refractivity contribution is 5.91. The van der Waals surface area contributed by atoms with Crippen molar-refractivity contribution in [3.63, 3.8) is 0 Å². The molecule has 4 amide bonds. The molecule has 0 aromatic carbocycles. The lowest BCUT2D eigenvalue weighted by Crippen LogP contribution is -2.50. The lowest BCUT2D eigenvalue weighted by atomic mass is 10.1. The molecule has 0 saturated carbocycles. The summed E-state index contributed by atoms with van der Waals surface area (Å²) in [4.78, 5) is 52.4. The van der Waals surface area contributed by atoms with E-state index in [2.05, 4.69) is 10.6 Å². The van der Waals surface area contributed by atoms with Crippen LogP contribution in [-0.2, 0) is 19.2 Å². The molecule has 0 radical (unpaired) electrons. The first-order valence-electron chi connectivity index (χ1n) is 8.72. The van der Waals surface area contributed by atoms with Crippen LogP contribution in [0.1, 0.15) is 38.5 Å². The summed E-state index contributed by atoms with van der Waals surface area (Å²) in [5.74, 6) is -0.589. The second-order valence-corrected chi connectivity index (χ2v) is 6.57. The third-order valence-electron chi connectivity index (χ3n) is 5.03. The van der Waals surface area contributed by atoms with Crippen LogP contribution in [0.15, 0.2) is 0 Å². The monoisotopic (exact) mass is 336 g/mol. The van der Waals surface area contributed by atoms with Gasteiger partial charge in [0.2, 0.25) is 23.6 Å². The Balaban J connectivity index is 1.72. The molecule has 132 valence electrons. The Morgan fingerprint density at radius 2 is 1.12 bits per heavy atom. The molecule has 3 heterocycles. The van der Waals surface area contributed by atoms with Crippen molar-refractivity contribution in [2.75, 3.05) is 26.2 Å². The van der Waals surface area contributed by atoms with Crippen LogP contribution < -0.4 is 10.6 Å². The molecular formula is C16H24N4O4. The summed E-state index contributed by atoms with van der Waals surface area (Å²) < 4.78 is 0. The number of rotatable bonds is 0. The third kappa shape index (κ3) is 3.37. The van der Waals surface area contributed by atoms with Gasteiger partial charge in [0, 0.05) is 39.0 Å². The zero-order valence-corrected chi connectivity index (χ0v) is 13.8. The zero-order chi connectivity index (χ0) is 17.1. The summed E-state index contributed by atoms with van der Waals surface area (Å²) in [6.45, 7) is 1.61. The maximum Gasteiger partial charge on any atom is 0.242 e. The predicted molar refractivity (Wildman–Crippen MR) is 84.7 cm³/mol. The molecule has 0 unspecified atom stereocenters. The third-order valence-corrected chi connectivity index (χ3v) is 5.03. The summed E-state index contributed by atoms with van der Waals surface area (Å²) in [7, 11) is 0. The molecule has 3 rings (SSSR count). The number of hydrogen-bond donors (Lipinski definition) is 2. The largest absolute Gasteiger partial charge is 0.354 e. The maximum atomic E-state index is 12.3. The van der Waals surface area contributed by atoms with E-state index in [0.29, 0.717) is 25.9 Å². The van der Waals surface area contributed by atoms with Crippen molar-refractivity contribution in [1.29, 1.82) is 0 Å². The van der Waals surface area contributed by atoms with E-state index in [1.165, 1.54) is 0 Å². The van der Waals surface area contributed by atoms with Crippen molar-refractivity contribution in [2.45, 2.75) is 50.6 Å². The van der Waals surface area contributed by atoms with Gasteiger partial charge in [-0.3, -0.25) is 19.2 Å². The first-order valence-corrected chi connectivity index (χ1v) is 8.72. The van der Waals surface area contributed by atoms with Gasteiger partial charge < -0.3 is 20.4 Å². The molecule has 2 N–H and O–H groups in total. The topological polar surface area (TPSA) is 98.8 Å². The standard InChI is InChI=1S/C16H24N4O4/c21-13-5-7-18-16(24)12-4-2-10-20(12)14(22)6-8-17-15(23)11-3-1-9-19(11)13/h11-12H,1-10H2,(H,17,23)(H,18,24)/t11-,12-/m0/s1. The van der Waals surface area contributed by atoms with Gasteiger partial charge in [0.1, 0.15) is 12.1 Å². The number of amides is 4. The number of hydrogen-bond acceptors (Lipinski definition) is 4. The Morgan fingerprint density at radius 3 is 1.54 bits per heavy atom. The number of carbonyl (C=O) groups is 4. The summed E-state index contributed by atoms with van der Waals surface area (Å²) in [6.07, 6.45) is 3.24. The predicted octanol–water partition coefficient (Wildman–Crippen LogP) is -1.01. The van der Waals surface area contributed by atoms with Crippen molar-refractivity contribution in [1.82, 2.24) is 20.4 Å². The van der Waals surface area contributed by atoms with Crippen molar-refractivity contribution in [3.8, 4) is 0 Å². The molecule has 0 aliphatic carbocycles. The van der Waals surface area contributed by atoms with Crippen LogP contribution in [0, 0.1) is 0 Å². The Hall–Kier alpha value is -2.12. The van der Waals surface area contributed by atoms with E-state index in [-0.39, 0.29) is 49.6 Å². The van der Waals surface area contributed by atoms with Gasteiger partial charge in [0.25, 0.3) is 0 Å². The second-order valence-electron chi connectivity index (χ2n) is 6.57. The number of nitrogens with zero attached hydrogens (tertiary/aromatic N) is 2. The van der Waals surface area contributed by atoms with E-state index in [1.54, 1.807) is 9.80 Å². The van der Waals surface area contributed by atoms with Gasteiger partial charge in [-0.05, 0) is 25.7 Å². The fourth-order valence-electron chi connectivity index (χ4n) is 3.78. The van der Waals surface area contributed by atoms with Gasteiger partial charge in [-0.25, -0.2) is 0 Å². The van der Waals surface area contributed by atoms with Gasteiger partial charge in [0.15, 0.2) is 0 Å². The van der Waals surface area contributed by atoms with Gasteiger partial charge in [-0.15, -0.1) is 0 Å². The number of nitrogens with one attached hydrogen (secondary N) is 2. The van der Waals surface area contributed by atoms with Crippen LogP contribution in [0.5, 0.6) is 0 Å². The summed E-state index contributed by atoms with van der Waals surface area (Å²) in [5.41, 5.74) is 0. The molecular weight excluding hydrogens is 312 g/mol. The molecule has 3 fully saturated rings. The van der Waals surface area contributed by atoms with Gasteiger partial charge in [-0.1, -0.05) is 0 Å².